The molecule has 1 fully saturated rings. The number of pyridine rings is 1. The zero-order chi connectivity index (χ0) is 20.4. The Morgan fingerprint density at radius 1 is 0.968 bits per heavy atom. The Balaban J connectivity index is 0.00000171. The van der Waals surface area contributed by atoms with Crippen molar-refractivity contribution in [1.29, 1.82) is 0 Å². The third-order valence-corrected chi connectivity index (χ3v) is 5.28. The molecule has 31 heavy (non-hydrogen) atoms. The smallest absolute Gasteiger partial charge is 0.336 e. The number of halogens is 2. The van der Waals surface area contributed by atoms with Crippen LogP contribution >= 0.6 is 24.8 Å². The fourth-order valence-corrected chi connectivity index (χ4v) is 3.66. The lowest BCUT2D eigenvalue weighted by molar-refractivity contribution is 0.0698. The number of hydrogen-bond donors (Lipinski definition) is 2. The molecule has 3 aromatic rings. The first-order valence-corrected chi connectivity index (χ1v) is 9.82. The van der Waals surface area contributed by atoms with Crippen molar-refractivity contribution in [3.8, 4) is 0 Å². The maximum absolute atomic E-state index is 12.5. The molecule has 1 aromatic heterocycles. The molecular formula is C23H25Cl2N3O3. The molecule has 0 aliphatic carbocycles. The van der Waals surface area contributed by atoms with Gasteiger partial charge in [0.2, 0.25) is 0 Å². The molecule has 1 amide bonds. The molecule has 0 saturated carbocycles. The highest BCUT2D eigenvalue weighted by Crippen LogP contribution is 2.27. The van der Waals surface area contributed by atoms with E-state index in [9.17, 15) is 14.7 Å². The van der Waals surface area contributed by atoms with E-state index in [2.05, 4.69) is 15.2 Å². The normalized spacial score (nSPS) is 13.1. The van der Waals surface area contributed by atoms with E-state index in [4.69, 9.17) is 0 Å². The number of nitrogens with one attached hydrogen (secondary N) is 1. The van der Waals surface area contributed by atoms with Crippen molar-refractivity contribution in [3.63, 3.8) is 0 Å². The lowest BCUT2D eigenvalue weighted by Crippen LogP contribution is -2.30. The summed E-state index contributed by atoms with van der Waals surface area (Å²) in [6.07, 6.45) is 3.37. The number of carbonyl (C=O) groups excluding carboxylic acids is 1. The number of rotatable bonds is 4. The number of carboxylic acids is 1. The van der Waals surface area contributed by atoms with Crippen molar-refractivity contribution in [2.75, 3.05) is 23.3 Å². The minimum absolute atomic E-state index is 0. The van der Waals surface area contributed by atoms with Crippen molar-refractivity contribution in [2.45, 2.75) is 26.2 Å². The number of anilines is 2. The second-order valence-corrected chi connectivity index (χ2v) is 7.43. The van der Waals surface area contributed by atoms with Crippen molar-refractivity contribution in [3.05, 3.63) is 65.2 Å². The number of aromatic nitrogens is 1. The quantitative estimate of drug-likeness (QED) is 0.548. The van der Waals surface area contributed by atoms with E-state index in [0.717, 1.165) is 31.5 Å². The van der Waals surface area contributed by atoms with E-state index in [1.165, 1.54) is 6.42 Å². The number of benzene rings is 2. The van der Waals surface area contributed by atoms with Gasteiger partial charge in [-0.2, -0.15) is 0 Å². The van der Waals surface area contributed by atoms with Crippen molar-refractivity contribution < 1.29 is 14.7 Å². The van der Waals surface area contributed by atoms with Gasteiger partial charge in [-0.05, 0) is 62.6 Å². The maximum Gasteiger partial charge on any atom is 0.336 e. The first-order valence-electron chi connectivity index (χ1n) is 9.82. The Hall–Kier alpha value is -2.83. The molecule has 4 rings (SSSR count). The van der Waals surface area contributed by atoms with Crippen LogP contribution in [0, 0.1) is 6.92 Å². The van der Waals surface area contributed by atoms with Crippen LogP contribution in [-0.4, -0.2) is 35.1 Å². The Morgan fingerprint density at radius 2 is 1.65 bits per heavy atom. The Labute approximate surface area is 193 Å². The first kappa shape index (κ1) is 24.4. The number of hydrogen-bond acceptors (Lipinski definition) is 4. The Morgan fingerprint density at radius 3 is 2.29 bits per heavy atom. The third kappa shape index (κ3) is 5.46. The van der Waals surface area contributed by atoms with Gasteiger partial charge in [0.25, 0.3) is 5.91 Å². The highest BCUT2D eigenvalue weighted by atomic mass is 35.5. The fourth-order valence-electron chi connectivity index (χ4n) is 3.66. The number of carboxylic acid groups (broad SMARTS) is 1. The number of aromatic carboxylic acids is 1. The number of piperidine rings is 1. The van der Waals surface area contributed by atoms with Gasteiger partial charge in [-0.15, -0.1) is 24.8 Å². The second kappa shape index (κ2) is 10.5. The molecule has 2 aromatic carbocycles. The zero-order valence-corrected chi connectivity index (χ0v) is 18.8. The molecule has 8 heteroatoms. The van der Waals surface area contributed by atoms with Gasteiger partial charge in [0, 0.05) is 29.7 Å². The van der Waals surface area contributed by atoms with Crippen LogP contribution in [0.4, 0.5) is 11.5 Å². The average Bonchev–Trinajstić information content (AvgIpc) is 2.74. The van der Waals surface area contributed by atoms with E-state index in [-0.39, 0.29) is 36.3 Å². The van der Waals surface area contributed by atoms with Gasteiger partial charge in [-0.25, -0.2) is 9.78 Å². The minimum Gasteiger partial charge on any atom is -0.478 e. The van der Waals surface area contributed by atoms with Gasteiger partial charge in [-0.1, -0.05) is 17.7 Å². The van der Waals surface area contributed by atoms with Crippen molar-refractivity contribution in [1.82, 2.24) is 4.98 Å². The van der Waals surface area contributed by atoms with E-state index >= 15 is 0 Å². The predicted molar refractivity (Wildman–Crippen MR) is 128 cm³/mol. The lowest BCUT2D eigenvalue weighted by atomic mass is 10.1. The Kier molecular flexibility index (Phi) is 8.25. The van der Waals surface area contributed by atoms with Crippen molar-refractivity contribution in [2.24, 2.45) is 0 Å². The van der Waals surface area contributed by atoms with Crippen LogP contribution < -0.4 is 10.2 Å². The van der Waals surface area contributed by atoms with Crippen LogP contribution in [0.2, 0.25) is 0 Å². The van der Waals surface area contributed by atoms with Crippen molar-refractivity contribution >= 4 is 59.1 Å². The van der Waals surface area contributed by atoms with Crippen LogP contribution in [0.15, 0.2) is 48.5 Å². The summed E-state index contributed by atoms with van der Waals surface area (Å²) in [5, 5.41) is 13.1. The summed E-state index contributed by atoms with van der Waals surface area (Å²) in [6.45, 7) is 3.74. The molecule has 6 nitrogen and oxygen atoms in total. The number of nitrogens with zero attached hydrogens (tertiary/aromatic N) is 2. The maximum atomic E-state index is 12.5. The molecule has 0 bridgehead atoms. The molecule has 1 aliphatic heterocycles. The molecule has 0 spiro atoms. The molecule has 2 N–H and O–H groups in total. The SMILES string of the molecule is Cc1ccc(C(=O)Nc2ccc3nc(N4CCCCC4)cc(C(=O)O)c3c2)cc1.Cl.Cl. The zero-order valence-electron chi connectivity index (χ0n) is 17.1. The second-order valence-electron chi connectivity index (χ2n) is 7.43. The number of carbonyl (C=O) groups is 2. The monoisotopic (exact) mass is 461 g/mol. The predicted octanol–water partition coefficient (Wildman–Crippen LogP) is 5.33. The lowest BCUT2D eigenvalue weighted by Gasteiger charge is -2.28. The van der Waals surface area contributed by atoms with Gasteiger partial charge in [-0.3, -0.25) is 4.79 Å². The van der Waals surface area contributed by atoms with Gasteiger partial charge < -0.3 is 15.3 Å². The molecule has 2 heterocycles. The highest BCUT2D eigenvalue weighted by Gasteiger charge is 2.18. The molecule has 164 valence electrons. The largest absolute Gasteiger partial charge is 0.478 e. The standard InChI is InChI=1S/C23H23N3O3.2ClH/c1-15-5-7-16(8-6-15)22(27)24-17-9-10-20-18(13-17)19(23(28)29)14-21(25-20)26-11-3-2-4-12-26;;/h5-10,13-14H,2-4,11-12H2,1H3,(H,24,27)(H,28,29);2*1H. The molecule has 0 radical (unpaired) electrons. The third-order valence-electron chi connectivity index (χ3n) is 5.28. The average molecular weight is 462 g/mol. The van der Waals surface area contributed by atoms with Crippen LogP contribution in [0.25, 0.3) is 10.9 Å². The minimum atomic E-state index is -1.00. The highest BCUT2D eigenvalue weighted by molar-refractivity contribution is 6.08. The number of aryl methyl sites for hydroxylation is 1. The van der Waals surface area contributed by atoms with Crippen LogP contribution in [0.5, 0.6) is 0 Å². The van der Waals surface area contributed by atoms with E-state index < -0.39 is 5.97 Å². The summed E-state index contributed by atoms with van der Waals surface area (Å²) in [5.41, 5.74) is 2.97. The van der Waals surface area contributed by atoms with Gasteiger partial charge in [0.05, 0.1) is 11.1 Å². The summed E-state index contributed by atoms with van der Waals surface area (Å²) in [4.78, 5) is 31.2. The summed E-state index contributed by atoms with van der Waals surface area (Å²) >= 11 is 0. The molecule has 1 aliphatic rings. The van der Waals surface area contributed by atoms with Gasteiger partial charge >= 0.3 is 5.97 Å². The number of amides is 1. The van der Waals surface area contributed by atoms with E-state index in [1.807, 2.05) is 19.1 Å². The van der Waals surface area contributed by atoms with E-state index in [1.54, 1.807) is 36.4 Å². The topological polar surface area (TPSA) is 82.5 Å². The van der Waals surface area contributed by atoms with Gasteiger partial charge in [0.1, 0.15) is 5.82 Å². The first-order chi connectivity index (χ1) is 14.0. The summed E-state index contributed by atoms with van der Waals surface area (Å²) in [7, 11) is 0. The summed E-state index contributed by atoms with van der Waals surface area (Å²) in [5.74, 6) is -0.539. The summed E-state index contributed by atoms with van der Waals surface area (Å²) < 4.78 is 0. The fraction of sp³-hybridized carbons (Fsp3) is 0.261. The summed E-state index contributed by atoms with van der Waals surface area (Å²) in [6, 6.07) is 14.1. The van der Waals surface area contributed by atoms with Crippen LogP contribution in [0.3, 0.4) is 0 Å². The number of fused-ring (bicyclic) bond motifs is 1. The van der Waals surface area contributed by atoms with Crippen LogP contribution in [-0.2, 0) is 0 Å². The molecule has 0 atom stereocenters. The molecular weight excluding hydrogens is 437 g/mol. The van der Waals surface area contributed by atoms with Crippen LogP contribution in [0.1, 0.15) is 45.5 Å². The molecule has 1 saturated heterocycles. The van der Waals surface area contributed by atoms with E-state index in [0.29, 0.717) is 28.0 Å². The van der Waals surface area contributed by atoms with Gasteiger partial charge in [0.15, 0.2) is 0 Å². The molecule has 0 unspecified atom stereocenters. The Bertz CT molecular complexity index is 1080.